The Hall–Kier alpha value is -1.27. The minimum absolute atomic E-state index is 0.228. The van der Waals surface area contributed by atoms with E-state index in [0.29, 0.717) is 29.5 Å². The number of rotatable bonds is 8. The third-order valence-corrected chi connectivity index (χ3v) is 5.25. The summed E-state index contributed by atoms with van der Waals surface area (Å²) in [6.07, 6.45) is 1.90. The molecule has 0 unspecified atom stereocenters. The zero-order chi connectivity index (χ0) is 16.0. The molecule has 21 heavy (non-hydrogen) atoms. The van der Waals surface area contributed by atoms with Crippen molar-refractivity contribution in [2.75, 3.05) is 20.8 Å². The highest BCUT2D eigenvalue weighted by atomic mass is 32.2. The van der Waals surface area contributed by atoms with Crippen LogP contribution in [-0.2, 0) is 10.0 Å². The summed E-state index contributed by atoms with van der Waals surface area (Å²) >= 11 is 0. The maximum atomic E-state index is 12.4. The molecule has 0 aliphatic carbocycles. The standard InChI is InChI=1S/C15H25NO4S/c1-6-12(7-2)10-16-21(17,18)15-9-14(20-5)13(19-4)8-11(15)3/h8-9,12,16H,6-7,10H2,1-5H3. The van der Waals surface area contributed by atoms with Crippen LogP contribution in [0.2, 0.25) is 0 Å². The monoisotopic (exact) mass is 315 g/mol. The molecule has 0 amide bonds. The van der Waals surface area contributed by atoms with E-state index in [4.69, 9.17) is 9.47 Å². The van der Waals surface area contributed by atoms with Crippen molar-refractivity contribution in [3.63, 3.8) is 0 Å². The third kappa shape index (κ3) is 4.35. The van der Waals surface area contributed by atoms with Crippen LogP contribution in [0.25, 0.3) is 0 Å². The van der Waals surface area contributed by atoms with Gasteiger partial charge in [-0.2, -0.15) is 0 Å². The molecule has 1 N–H and O–H groups in total. The van der Waals surface area contributed by atoms with Crippen LogP contribution < -0.4 is 14.2 Å². The van der Waals surface area contributed by atoms with E-state index in [1.807, 2.05) is 0 Å². The van der Waals surface area contributed by atoms with Gasteiger partial charge in [-0.3, -0.25) is 0 Å². The van der Waals surface area contributed by atoms with Gasteiger partial charge in [0.15, 0.2) is 11.5 Å². The topological polar surface area (TPSA) is 64.6 Å². The van der Waals surface area contributed by atoms with E-state index in [9.17, 15) is 8.42 Å². The maximum Gasteiger partial charge on any atom is 0.240 e. The summed E-state index contributed by atoms with van der Waals surface area (Å²) in [5.41, 5.74) is 0.629. The van der Waals surface area contributed by atoms with Crippen LogP contribution in [0.15, 0.2) is 17.0 Å². The van der Waals surface area contributed by atoms with Gasteiger partial charge in [-0.15, -0.1) is 0 Å². The van der Waals surface area contributed by atoms with Gasteiger partial charge in [0.25, 0.3) is 0 Å². The normalized spacial score (nSPS) is 11.7. The molecule has 0 atom stereocenters. The van der Waals surface area contributed by atoms with E-state index < -0.39 is 10.0 Å². The Labute approximate surface area is 127 Å². The molecule has 120 valence electrons. The average molecular weight is 315 g/mol. The Kier molecular flexibility index (Phi) is 6.48. The Balaban J connectivity index is 3.08. The first-order chi connectivity index (χ1) is 9.89. The van der Waals surface area contributed by atoms with Crippen molar-refractivity contribution < 1.29 is 17.9 Å². The number of hydrogen-bond donors (Lipinski definition) is 1. The van der Waals surface area contributed by atoms with Crippen molar-refractivity contribution in [3.8, 4) is 11.5 Å². The van der Waals surface area contributed by atoms with Gasteiger partial charge >= 0.3 is 0 Å². The van der Waals surface area contributed by atoms with E-state index in [1.54, 1.807) is 13.0 Å². The lowest BCUT2D eigenvalue weighted by Crippen LogP contribution is -2.29. The van der Waals surface area contributed by atoms with E-state index >= 15 is 0 Å². The second-order valence-electron chi connectivity index (χ2n) is 5.01. The number of hydrogen-bond acceptors (Lipinski definition) is 4. The van der Waals surface area contributed by atoms with Crippen LogP contribution in [0.1, 0.15) is 32.3 Å². The van der Waals surface area contributed by atoms with Gasteiger partial charge in [0.1, 0.15) is 0 Å². The average Bonchev–Trinajstić information content (AvgIpc) is 2.47. The van der Waals surface area contributed by atoms with E-state index in [2.05, 4.69) is 18.6 Å². The van der Waals surface area contributed by atoms with Crippen molar-refractivity contribution >= 4 is 10.0 Å². The van der Waals surface area contributed by atoms with Crippen LogP contribution in [0.5, 0.6) is 11.5 Å². The van der Waals surface area contributed by atoms with Crippen molar-refractivity contribution in [1.29, 1.82) is 0 Å². The molecule has 0 aliphatic rings. The highest BCUT2D eigenvalue weighted by molar-refractivity contribution is 7.89. The first-order valence-electron chi connectivity index (χ1n) is 7.11. The Morgan fingerprint density at radius 2 is 1.62 bits per heavy atom. The van der Waals surface area contributed by atoms with Crippen molar-refractivity contribution in [2.45, 2.75) is 38.5 Å². The first-order valence-corrected chi connectivity index (χ1v) is 8.60. The molecule has 0 aromatic heterocycles. The molecule has 0 saturated carbocycles. The van der Waals surface area contributed by atoms with Gasteiger partial charge in [0.2, 0.25) is 10.0 Å². The fourth-order valence-corrected chi connectivity index (χ4v) is 3.49. The van der Waals surface area contributed by atoms with Gasteiger partial charge in [-0.1, -0.05) is 26.7 Å². The van der Waals surface area contributed by atoms with E-state index in [-0.39, 0.29) is 4.90 Å². The second kappa shape index (κ2) is 7.66. The predicted octanol–water partition coefficient (Wildman–Crippen LogP) is 2.73. The van der Waals surface area contributed by atoms with Gasteiger partial charge in [-0.05, 0) is 24.5 Å². The molecular formula is C15H25NO4S. The Morgan fingerprint density at radius 3 is 2.10 bits per heavy atom. The second-order valence-corrected chi connectivity index (χ2v) is 6.74. The molecule has 1 aromatic carbocycles. The summed E-state index contributed by atoms with van der Waals surface area (Å²) in [4.78, 5) is 0.228. The van der Waals surface area contributed by atoms with Crippen LogP contribution >= 0.6 is 0 Å². The van der Waals surface area contributed by atoms with Crippen molar-refractivity contribution in [2.24, 2.45) is 5.92 Å². The molecule has 0 spiro atoms. The summed E-state index contributed by atoms with van der Waals surface area (Å²) in [5, 5.41) is 0. The van der Waals surface area contributed by atoms with E-state index in [0.717, 1.165) is 12.8 Å². The summed E-state index contributed by atoms with van der Waals surface area (Å²) in [6.45, 7) is 6.31. The molecule has 1 aromatic rings. The molecule has 0 fully saturated rings. The summed E-state index contributed by atoms with van der Waals surface area (Å²) in [6, 6.07) is 3.17. The molecule has 0 radical (unpaired) electrons. The maximum absolute atomic E-state index is 12.4. The van der Waals surface area contributed by atoms with Gasteiger partial charge in [0.05, 0.1) is 19.1 Å². The molecule has 0 heterocycles. The van der Waals surface area contributed by atoms with Crippen LogP contribution in [-0.4, -0.2) is 29.2 Å². The first kappa shape index (κ1) is 17.8. The van der Waals surface area contributed by atoms with E-state index in [1.165, 1.54) is 20.3 Å². The summed E-state index contributed by atoms with van der Waals surface area (Å²) < 4.78 is 37.9. The summed E-state index contributed by atoms with van der Waals surface area (Å²) in [5.74, 6) is 1.28. The third-order valence-electron chi connectivity index (χ3n) is 3.69. The zero-order valence-electron chi connectivity index (χ0n) is 13.4. The smallest absolute Gasteiger partial charge is 0.240 e. The fourth-order valence-electron chi connectivity index (χ4n) is 2.13. The number of ether oxygens (including phenoxy) is 2. The minimum atomic E-state index is -3.55. The SMILES string of the molecule is CCC(CC)CNS(=O)(=O)c1cc(OC)c(OC)cc1C. The van der Waals surface area contributed by atoms with Gasteiger partial charge < -0.3 is 9.47 Å². The highest BCUT2D eigenvalue weighted by Crippen LogP contribution is 2.32. The lowest BCUT2D eigenvalue weighted by atomic mass is 10.0. The zero-order valence-corrected chi connectivity index (χ0v) is 14.2. The van der Waals surface area contributed by atoms with Crippen molar-refractivity contribution in [1.82, 2.24) is 4.72 Å². The molecule has 0 saturated heterocycles. The fraction of sp³-hybridized carbons (Fsp3) is 0.600. The lowest BCUT2D eigenvalue weighted by molar-refractivity contribution is 0.353. The minimum Gasteiger partial charge on any atom is -0.493 e. The molecule has 0 bridgehead atoms. The number of methoxy groups -OCH3 is 2. The predicted molar refractivity (Wildman–Crippen MR) is 83.5 cm³/mol. The number of sulfonamides is 1. The lowest BCUT2D eigenvalue weighted by Gasteiger charge is -2.16. The van der Waals surface area contributed by atoms with Crippen molar-refractivity contribution in [3.05, 3.63) is 17.7 Å². The van der Waals surface area contributed by atoms with Gasteiger partial charge in [0, 0.05) is 12.6 Å². The van der Waals surface area contributed by atoms with Crippen LogP contribution in [0.4, 0.5) is 0 Å². The molecule has 6 heteroatoms. The molecule has 5 nitrogen and oxygen atoms in total. The molecule has 0 aliphatic heterocycles. The van der Waals surface area contributed by atoms with Crippen LogP contribution in [0.3, 0.4) is 0 Å². The number of benzene rings is 1. The number of aryl methyl sites for hydroxylation is 1. The Bertz CT molecular complexity index is 565. The van der Waals surface area contributed by atoms with Gasteiger partial charge in [-0.25, -0.2) is 13.1 Å². The molecule has 1 rings (SSSR count). The largest absolute Gasteiger partial charge is 0.493 e. The van der Waals surface area contributed by atoms with Crippen LogP contribution in [0, 0.1) is 12.8 Å². The summed E-state index contributed by atoms with van der Waals surface area (Å²) in [7, 11) is -0.537. The Morgan fingerprint density at radius 1 is 1.10 bits per heavy atom. The molecular weight excluding hydrogens is 290 g/mol. The highest BCUT2D eigenvalue weighted by Gasteiger charge is 2.21. The quantitative estimate of drug-likeness (QED) is 0.801. The number of nitrogens with one attached hydrogen (secondary N) is 1.